The van der Waals surface area contributed by atoms with Gasteiger partial charge in [-0.2, -0.15) is 0 Å². The average molecular weight is 160 g/mol. The predicted molar refractivity (Wildman–Crippen MR) is 25.3 cm³/mol. The topological polar surface area (TPSA) is 34.1 Å². The Hall–Kier alpha value is 1.89. The van der Waals surface area contributed by atoms with E-state index in [1.807, 2.05) is 0 Å². The van der Waals surface area contributed by atoms with Crippen LogP contribution in [-0.2, 0) is 8.92 Å². The Bertz CT molecular complexity index is 42.2. The minimum absolute atomic E-state index is 0. The van der Waals surface area contributed by atoms with Crippen molar-refractivity contribution in [2.75, 3.05) is 0 Å². The molecule has 0 aliphatic heterocycles. The summed E-state index contributed by atoms with van der Waals surface area (Å²) >= 11 is 0. The zero-order chi connectivity index (χ0) is 4.12. The van der Waals surface area contributed by atoms with E-state index in [1.165, 1.54) is 0 Å². The third-order valence-electron chi connectivity index (χ3n) is 0.192. The molecule has 0 saturated carbocycles. The summed E-state index contributed by atoms with van der Waals surface area (Å²) in [6.07, 6.45) is 0. The fraction of sp³-hybridized carbons (Fsp3) is 0. The summed E-state index contributed by atoms with van der Waals surface area (Å²) in [6.45, 7) is 0. The largest absolute Gasteiger partial charge is 1.00 e. The van der Waals surface area contributed by atoms with E-state index in [-0.39, 0.29) is 52.8 Å². The van der Waals surface area contributed by atoms with Crippen LogP contribution >= 0.6 is 0 Å². The molecule has 0 atom stereocenters. The molecule has 0 N–H and O–H groups in total. The Morgan fingerprint density at radius 3 is 1.67 bits per heavy atom. The molecule has 0 heterocycles. The van der Waals surface area contributed by atoms with Gasteiger partial charge < -0.3 is 10.4 Å². The molecule has 0 rings (SSSR count). The zero-order valence-electron chi connectivity index (χ0n) is 4.68. The third-order valence-corrected chi connectivity index (χ3v) is 5.20. The Labute approximate surface area is 86.5 Å². The monoisotopic (exact) mass is 160 g/mol. The molecule has 2 nitrogen and oxygen atoms in total. The van der Waals surface area contributed by atoms with Crippen molar-refractivity contribution >= 4 is 26.4 Å². The third kappa shape index (κ3) is 9.31. The summed E-state index contributed by atoms with van der Waals surface area (Å²) in [5, 5.41) is 0. The van der Waals surface area contributed by atoms with Gasteiger partial charge in [-0.3, -0.25) is 0 Å². The maximum absolute atomic E-state index is 9.50. The van der Waals surface area contributed by atoms with Gasteiger partial charge in [-0.15, -0.1) is 0 Å². The minimum Gasteiger partial charge on any atom is -1.00 e. The first-order chi connectivity index (χ1) is 2.41. The van der Waals surface area contributed by atoms with Crippen molar-refractivity contribution in [1.82, 2.24) is 0 Å². The van der Waals surface area contributed by atoms with Gasteiger partial charge in [-0.25, -0.2) is 0 Å². The van der Waals surface area contributed by atoms with Crippen LogP contribution in [0.1, 0.15) is 1.43 Å². The molecule has 0 aliphatic carbocycles. The van der Waals surface area contributed by atoms with Crippen molar-refractivity contribution in [3.8, 4) is 0 Å². The van der Waals surface area contributed by atoms with Gasteiger partial charge in [-0.1, -0.05) is 0 Å². The van der Waals surface area contributed by atoms with Crippen molar-refractivity contribution in [1.29, 1.82) is 0 Å². The van der Waals surface area contributed by atoms with Crippen molar-refractivity contribution in [3.63, 3.8) is 0 Å². The SMILES string of the molecule is O=[SiH][SiH2][SiH]=O.[H-].[K+]. The number of hydrogen-bond donors (Lipinski definition) is 0. The fourth-order valence-electron chi connectivity index (χ4n) is 0.0393. The van der Waals surface area contributed by atoms with Crippen LogP contribution in [0.3, 0.4) is 0 Å². The van der Waals surface area contributed by atoms with Crippen LogP contribution in [-0.4, -0.2) is 26.4 Å². The second-order valence-corrected chi connectivity index (χ2v) is 9.36. The van der Waals surface area contributed by atoms with Crippen LogP contribution < -0.4 is 51.4 Å². The smallest absolute Gasteiger partial charge is 1.00 e. The van der Waals surface area contributed by atoms with E-state index in [0.29, 0.717) is 0 Å². The van der Waals surface area contributed by atoms with E-state index < -0.39 is 26.4 Å². The normalized spacial score (nSPS) is 5.33. The van der Waals surface area contributed by atoms with Gasteiger partial charge in [0.1, 0.15) is 8.55 Å². The zero-order valence-corrected chi connectivity index (χ0v) is 10.5. The van der Waals surface area contributed by atoms with Gasteiger partial charge in [0.05, 0.1) is 0 Å². The second-order valence-electron chi connectivity index (χ2n) is 0.569. The molecule has 0 aromatic carbocycles. The molecular weight excluding hydrogens is 155 g/mol. The van der Waals surface area contributed by atoms with Crippen molar-refractivity contribution in [2.45, 2.75) is 0 Å². The number of hydrogen-bond acceptors (Lipinski definition) is 2. The summed E-state index contributed by atoms with van der Waals surface area (Å²) in [7, 11) is -1.71. The molecule has 0 bridgehead atoms. The molecule has 0 radical (unpaired) electrons. The second kappa shape index (κ2) is 9.99. The first-order valence-electron chi connectivity index (χ1n) is 1.29. The Morgan fingerprint density at radius 2 is 1.67 bits per heavy atom. The summed E-state index contributed by atoms with van der Waals surface area (Å²) in [5.74, 6) is 0. The molecule has 0 amide bonds. The molecule has 30 valence electrons. The van der Waals surface area contributed by atoms with Gasteiger partial charge in [0, 0.05) is 0 Å². The molecule has 0 aromatic heterocycles. The van der Waals surface area contributed by atoms with Gasteiger partial charge in [0.2, 0.25) is 17.8 Å². The molecule has 0 aromatic rings. The van der Waals surface area contributed by atoms with E-state index in [9.17, 15) is 8.92 Å². The van der Waals surface area contributed by atoms with E-state index in [2.05, 4.69) is 0 Å². The van der Waals surface area contributed by atoms with Gasteiger partial charge in [0.15, 0.2) is 0 Å². The van der Waals surface area contributed by atoms with E-state index in [4.69, 9.17) is 0 Å². The van der Waals surface area contributed by atoms with Crippen molar-refractivity contribution < 1.29 is 61.7 Å². The van der Waals surface area contributed by atoms with E-state index in [1.54, 1.807) is 0 Å². The predicted octanol–water partition coefficient (Wildman–Crippen LogP) is -5.33. The van der Waals surface area contributed by atoms with E-state index >= 15 is 0 Å². The van der Waals surface area contributed by atoms with Crippen LogP contribution in [0.2, 0.25) is 0 Å². The standard InChI is InChI=1S/K.H4O2Si3.H/c;1-3-5-4-2;/h;3-4H,5H2;/q+1;;-1. The molecule has 0 saturated heterocycles. The molecule has 6 heteroatoms. The van der Waals surface area contributed by atoms with Crippen LogP contribution in [0, 0.1) is 0 Å². The Morgan fingerprint density at radius 1 is 1.33 bits per heavy atom. The average Bonchev–Trinajstić information content (AvgIpc) is 1.41. The van der Waals surface area contributed by atoms with Gasteiger partial charge in [-0.05, 0) is 0 Å². The first-order valence-corrected chi connectivity index (χ1v) is 8.76. The molecular formula is H5KO2Si3. The van der Waals surface area contributed by atoms with Gasteiger partial charge in [0.25, 0.3) is 0 Å². The van der Waals surface area contributed by atoms with Crippen molar-refractivity contribution in [3.05, 3.63) is 0 Å². The van der Waals surface area contributed by atoms with Crippen LogP contribution in [0.15, 0.2) is 0 Å². The minimum atomic E-state index is -0.601. The first kappa shape index (κ1) is 10.8. The number of rotatable bonds is 2. The summed E-state index contributed by atoms with van der Waals surface area (Å²) in [4.78, 5) is 0. The van der Waals surface area contributed by atoms with Crippen molar-refractivity contribution in [2.24, 2.45) is 0 Å². The van der Waals surface area contributed by atoms with Gasteiger partial charge >= 0.3 is 51.4 Å². The summed E-state index contributed by atoms with van der Waals surface area (Å²) in [5.41, 5.74) is 0. The fourth-order valence-corrected chi connectivity index (χ4v) is 1.06. The molecule has 0 aliphatic rings. The quantitative estimate of drug-likeness (QED) is 0.378. The molecule has 0 unspecified atom stereocenters. The maximum Gasteiger partial charge on any atom is 1.00 e. The summed E-state index contributed by atoms with van der Waals surface area (Å²) < 4.78 is 19.0. The van der Waals surface area contributed by atoms with Crippen LogP contribution in [0.25, 0.3) is 0 Å². The Kier molecular flexibility index (Phi) is 18.0. The Balaban J connectivity index is -0.0000000800. The molecule has 6 heavy (non-hydrogen) atoms. The maximum atomic E-state index is 9.50. The van der Waals surface area contributed by atoms with Crippen LogP contribution in [0.4, 0.5) is 0 Å². The van der Waals surface area contributed by atoms with E-state index in [0.717, 1.165) is 0 Å². The summed E-state index contributed by atoms with van der Waals surface area (Å²) in [6, 6.07) is 0. The molecule has 0 fully saturated rings. The molecule has 0 spiro atoms. The van der Waals surface area contributed by atoms with Crippen LogP contribution in [0.5, 0.6) is 0 Å².